The summed E-state index contributed by atoms with van der Waals surface area (Å²) in [5.41, 5.74) is 1.67. The minimum atomic E-state index is -0.658. The van der Waals surface area contributed by atoms with Crippen LogP contribution in [0.3, 0.4) is 0 Å². The Morgan fingerprint density at radius 2 is 1.52 bits per heavy atom. The molecule has 31 heavy (non-hydrogen) atoms. The van der Waals surface area contributed by atoms with Crippen LogP contribution in [0.5, 0.6) is 0 Å². The minimum absolute atomic E-state index is 0.131. The van der Waals surface area contributed by atoms with Gasteiger partial charge in [0.1, 0.15) is 11.7 Å². The Kier molecular flexibility index (Phi) is 6.84. The van der Waals surface area contributed by atoms with E-state index >= 15 is 0 Å². The van der Waals surface area contributed by atoms with Crippen molar-refractivity contribution in [3.8, 4) is 0 Å². The van der Waals surface area contributed by atoms with Gasteiger partial charge in [-0.2, -0.15) is 0 Å². The average Bonchev–Trinajstić information content (AvgIpc) is 2.75. The number of carbonyl (C=O) groups excluding carboxylic acids is 2. The van der Waals surface area contributed by atoms with Crippen molar-refractivity contribution in [2.24, 2.45) is 0 Å². The zero-order valence-electron chi connectivity index (χ0n) is 16.5. The lowest BCUT2D eigenvalue weighted by molar-refractivity contribution is -0.383. The highest BCUT2D eigenvalue weighted by molar-refractivity contribution is 6.30. The van der Waals surface area contributed by atoms with Crippen molar-refractivity contribution in [1.82, 2.24) is 0 Å². The Hall–Kier alpha value is -3.91. The van der Waals surface area contributed by atoms with Gasteiger partial charge in [0.15, 0.2) is 0 Å². The summed E-state index contributed by atoms with van der Waals surface area (Å²) >= 11 is 5.83. The maximum Gasteiger partial charge on any atom is 0.292 e. The highest BCUT2D eigenvalue weighted by atomic mass is 35.5. The van der Waals surface area contributed by atoms with Gasteiger partial charge in [-0.15, -0.1) is 0 Å². The lowest BCUT2D eigenvalue weighted by Crippen LogP contribution is -2.32. The number of benzene rings is 3. The molecule has 9 heteroatoms. The molecule has 3 rings (SSSR count). The van der Waals surface area contributed by atoms with E-state index in [4.69, 9.17) is 11.6 Å². The molecule has 8 nitrogen and oxygen atoms in total. The molecule has 0 aliphatic rings. The van der Waals surface area contributed by atoms with Crippen LogP contribution in [-0.4, -0.2) is 22.8 Å². The number of halogens is 1. The molecule has 0 bridgehead atoms. The molecule has 0 aromatic heterocycles. The summed E-state index contributed by atoms with van der Waals surface area (Å²) in [6, 6.07) is 18.6. The number of carbonyl (C=O) groups is 2. The monoisotopic (exact) mass is 438 g/mol. The molecule has 0 saturated carbocycles. The van der Waals surface area contributed by atoms with Crippen LogP contribution in [0.2, 0.25) is 5.02 Å². The van der Waals surface area contributed by atoms with Crippen LogP contribution in [0.15, 0.2) is 72.8 Å². The Morgan fingerprint density at radius 3 is 2.16 bits per heavy atom. The normalized spacial score (nSPS) is 11.3. The van der Waals surface area contributed by atoms with E-state index in [0.29, 0.717) is 22.0 Å². The number of para-hydroxylation sites is 2. The van der Waals surface area contributed by atoms with Gasteiger partial charge in [0, 0.05) is 28.0 Å². The van der Waals surface area contributed by atoms with Crippen LogP contribution < -0.4 is 16.0 Å². The van der Waals surface area contributed by atoms with Gasteiger partial charge in [-0.1, -0.05) is 23.7 Å². The van der Waals surface area contributed by atoms with Crippen molar-refractivity contribution < 1.29 is 14.5 Å². The van der Waals surface area contributed by atoms with Crippen LogP contribution in [0.4, 0.5) is 22.7 Å². The molecule has 0 spiro atoms. The number of amides is 2. The van der Waals surface area contributed by atoms with Gasteiger partial charge < -0.3 is 16.0 Å². The van der Waals surface area contributed by atoms with Crippen LogP contribution in [-0.2, 0) is 4.79 Å². The molecule has 3 aromatic rings. The third kappa shape index (κ3) is 5.80. The van der Waals surface area contributed by atoms with Crippen LogP contribution >= 0.6 is 11.6 Å². The summed E-state index contributed by atoms with van der Waals surface area (Å²) in [5, 5.41) is 20.0. The Labute approximate surface area is 183 Å². The number of nitro groups is 1. The zero-order valence-corrected chi connectivity index (χ0v) is 17.2. The van der Waals surface area contributed by atoms with E-state index in [2.05, 4.69) is 16.0 Å². The fourth-order valence-electron chi connectivity index (χ4n) is 2.75. The number of hydrogen-bond donors (Lipinski definition) is 3. The van der Waals surface area contributed by atoms with Gasteiger partial charge in [0.25, 0.3) is 11.6 Å². The first-order valence-corrected chi connectivity index (χ1v) is 9.69. The van der Waals surface area contributed by atoms with Gasteiger partial charge >= 0.3 is 0 Å². The van der Waals surface area contributed by atoms with Crippen LogP contribution in [0.1, 0.15) is 17.3 Å². The van der Waals surface area contributed by atoms with Crippen molar-refractivity contribution >= 4 is 46.2 Å². The predicted octanol–water partition coefficient (Wildman–Crippen LogP) is 4.94. The molecule has 3 N–H and O–H groups in total. The number of anilines is 3. The van der Waals surface area contributed by atoms with Crippen molar-refractivity contribution in [3.05, 3.63) is 93.5 Å². The second-order valence-corrected chi connectivity index (χ2v) is 7.10. The SMILES string of the molecule is CC(Nc1ccc(NC(=O)c2ccc(Cl)cc2)cc1)C(=O)Nc1ccccc1[N+](=O)[O-]. The summed E-state index contributed by atoms with van der Waals surface area (Å²) in [4.78, 5) is 35.2. The van der Waals surface area contributed by atoms with Crippen molar-refractivity contribution in [1.29, 1.82) is 0 Å². The zero-order chi connectivity index (χ0) is 22.4. The highest BCUT2D eigenvalue weighted by Gasteiger charge is 2.18. The Morgan fingerprint density at radius 1 is 0.903 bits per heavy atom. The number of nitrogens with zero attached hydrogens (tertiary/aromatic N) is 1. The van der Waals surface area contributed by atoms with E-state index in [1.165, 1.54) is 18.2 Å². The van der Waals surface area contributed by atoms with E-state index in [1.807, 2.05) is 0 Å². The van der Waals surface area contributed by atoms with Gasteiger partial charge in [-0.3, -0.25) is 19.7 Å². The van der Waals surface area contributed by atoms with Gasteiger partial charge in [0.05, 0.1) is 4.92 Å². The van der Waals surface area contributed by atoms with E-state index in [-0.39, 0.29) is 17.3 Å². The minimum Gasteiger partial charge on any atom is -0.374 e. The van der Waals surface area contributed by atoms with E-state index < -0.39 is 16.9 Å². The number of nitro benzene ring substituents is 1. The fourth-order valence-corrected chi connectivity index (χ4v) is 2.88. The predicted molar refractivity (Wildman–Crippen MR) is 121 cm³/mol. The third-order valence-corrected chi connectivity index (χ3v) is 4.64. The lowest BCUT2D eigenvalue weighted by Gasteiger charge is -2.16. The standard InChI is InChI=1S/C22H19ClN4O4/c1-14(21(28)26-19-4-2-3-5-20(19)27(30)31)24-17-10-12-18(13-11-17)25-22(29)15-6-8-16(23)9-7-15/h2-14,24H,1H3,(H,25,29)(H,26,28). The molecule has 0 aliphatic heterocycles. The quantitative estimate of drug-likeness (QED) is 0.357. The topological polar surface area (TPSA) is 113 Å². The average molecular weight is 439 g/mol. The largest absolute Gasteiger partial charge is 0.374 e. The summed E-state index contributed by atoms with van der Waals surface area (Å²) in [5.74, 6) is -0.691. The van der Waals surface area contributed by atoms with Crippen LogP contribution in [0.25, 0.3) is 0 Å². The van der Waals surface area contributed by atoms with E-state index in [0.717, 1.165) is 0 Å². The smallest absolute Gasteiger partial charge is 0.292 e. The number of rotatable bonds is 7. The number of nitrogens with one attached hydrogen (secondary N) is 3. The van der Waals surface area contributed by atoms with E-state index in [1.54, 1.807) is 61.5 Å². The molecule has 1 unspecified atom stereocenters. The Balaban J connectivity index is 1.59. The van der Waals surface area contributed by atoms with Gasteiger partial charge in [0.2, 0.25) is 5.91 Å². The molecule has 158 valence electrons. The second-order valence-electron chi connectivity index (χ2n) is 6.67. The molecular formula is C22H19ClN4O4. The second kappa shape index (κ2) is 9.73. The molecule has 0 radical (unpaired) electrons. The highest BCUT2D eigenvalue weighted by Crippen LogP contribution is 2.23. The molecule has 1 atom stereocenters. The summed E-state index contributed by atoms with van der Waals surface area (Å²) in [6.45, 7) is 1.64. The van der Waals surface area contributed by atoms with E-state index in [9.17, 15) is 19.7 Å². The maximum atomic E-state index is 12.4. The molecular weight excluding hydrogens is 420 g/mol. The molecule has 0 fully saturated rings. The first-order chi connectivity index (χ1) is 14.8. The summed E-state index contributed by atoms with van der Waals surface area (Å²) in [7, 11) is 0. The van der Waals surface area contributed by atoms with Crippen molar-refractivity contribution in [2.75, 3.05) is 16.0 Å². The lowest BCUT2D eigenvalue weighted by atomic mass is 10.2. The Bertz CT molecular complexity index is 1100. The first-order valence-electron chi connectivity index (χ1n) is 9.31. The molecule has 0 aliphatic carbocycles. The summed E-state index contributed by atoms with van der Waals surface area (Å²) < 4.78 is 0. The molecule has 0 heterocycles. The van der Waals surface area contributed by atoms with Crippen molar-refractivity contribution in [2.45, 2.75) is 13.0 Å². The van der Waals surface area contributed by atoms with Gasteiger partial charge in [-0.05, 0) is 61.5 Å². The molecule has 2 amide bonds. The molecule has 0 saturated heterocycles. The third-order valence-electron chi connectivity index (χ3n) is 4.38. The summed E-state index contributed by atoms with van der Waals surface area (Å²) in [6.07, 6.45) is 0. The van der Waals surface area contributed by atoms with Gasteiger partial charge in [-0.25, -0.2) is 0 Å². The van der Waals surface area contributed by atoms with Crippen molar-refractivity contribution in [3.63, 3.8) is 0 Å². The fraction of sp³-hybridized carbons (Fsp3) is 0.0909. The number of hydrogen-bond acceptors (Lipinski definition) is 5. The van der Waals surface area contributed by atoms with Crippen LogP contribution in [0, 0.1) is 10.1 Å². The maximum absolute atomic E-state index is 12.4. The molecule has 3 aromatic carbocycles. The first kappa shape index (κ1) is 21.8.